The highest BCUT2D eigenvalue weighted by atomic mass is 32.2. The SMILES string of the molecule is CC[C@H](C)Sc1nc(N)c(C#N)c(COc2ccccc2OC)n1. The molecule has 1 atom stereocenters. The number of thioether (sulfide) groups is 1. The lowest BCUT2D eigenvalue weighted by Crippen LogP contribution is -2.09. The van der Waals surface area contributed by atoms with E-state index in [1.54, 1.807) is 19.2 Å². The van der Waals surface area contributed by atoms with Crippen LogP contribution in [0.15, 0.2) is 29.4 Å². The Hall–Kier alpha value is -2.46. The predicted molar refractivity (Wildman–Crippen MR) is 94.1 cm³/mol. The van der Waals surface area contributed by atoms with Crippen molar-refractivity contribution in [2.24, 2.45) is 0 Å². The molecule has 7 heteroatoms. The molecule has 1 aromatic carbocycles. The quantitative estimate of drug-likeness (QED) is 0.607. The van der Waals surface area contributed by atoms with Crippen molar-refractivity contribution in [3.8, 4) is 17.6 Å². The number of nitrogen functional groups attached to an aromatic ring is 1. The molecule has 0 radical (unpaired) electrons. The number of anilines is 1. The van der Waals surface area contributed by atoms with Crippen LogP contribution >= 0.6 is 11.8 Å². The third-order valence-electron chi connectivity index (χ3n) is 3.42. The highest BCUT2D eigenvalue weighted by molar-refractivity contribution is 7.99. The van der Waals surface area contributed by atoms with E-state index in [0.717, 1.165) is 6.42 Å². The fraction of sp³-hybridized carbons (Fsp3) is 0.353. The molecular weight excluding hydrogens is 324 g/mol. The number of nitriles is 1. The van der Waals surface area contributed by atoms with Crippen LogP contribution in [0.25, 0.3) is 0 Å². The van der Waals surface area contributed by atoms with E-state index < -0.39 is 0 Å². The molecule has 126 valence electrons. The second kappa shape index (κ2) is 8.41. The zero-order valence-corrected chi connectivity index (χ0v) is 14.8. The van der Waals surface area contributed by atoms with E-state index in [0.29, 0.717) is 27.6 Å². The Kier molecular flexibility index (Phi) is 6.27. The number of hydrogen-bond acceptors (Lipinski definition) is 7. The van der Waals surface area contributed by atoms with E-state index in [2.05, 4.69) is 29.9 Å². The van der Waals surface area contributed by atoms with Gasteiger partial charge in [-0.1, -0.05) is 37.7 Å². The summed E-state index contributed by atoms with van der Waals surface area (Å²) in [7, 11) is 1.58. The Bertz CT molecular complexity index is 746. The van der Waals surface area contributed by atoms with Crippen molar-refractivity contribution in [2.75, 3.05) is 12.8 Å². The van der Waals surface area contributed by atoms with E-state index in [1.165, 1.54) is 11.8 Å². The standard InChI is InChI=1S/C17H20N4O2S/c1-4-11(2)24-17-20-13(12(9-18)16(19)21-17)10-23-15-8-6-5-7-14(15)22-3/h5-8,11H,4,10H2,1-3H3,(H2,19,20,21)/t11-/m0/s1. The van der Waals surface area contributed by atoms with E-state index in [-0.39, 0.29) is 18.0 Å². The van der Waals surface area contributed by atoms with Crippen LogP contribution in [-0.2, 0) is 6.61 Å². The van der Waals surface area contributed by atoms with Crippen LogP contribution in [0.3, 0.4) is 0 Å². The first kappa shape index (κ1) is 17.9. The number of methoxy groups -OCH3 is 1. The Morgan fingerprint density at radius 2 is 2.00 bits per heavy atom. The average Bonchev–Trinajstić information content (AvgIpc) is 2.59. The summed E-state index contributed by atoms with van der Waals surface area (Å²) in [6.45, 7) is 4.30. The molecule has 1 heterocycles. The number of nitrogens with two attached hydrogens (primary N) is 1. The summed E-state index contributed by atoms with van der Waals surface area (Å²) in [6, 6.07) is 9.36. The van der Waals surface area contributed by atoms with Crippen LogP contribution in [0.5, 0.6) is 11.5 Å². The smallest absolute Gasteiger partial charge is 0.190 e. The van der Waals surface area contributed by atoms with Gasteiger partial charge in [0.2, 0.25) is 0 Å². The minimum absolute atomic E-state index is 0.115. The number of para-hydroxylation sites is 2. The topological polar surface area (TPSA) is 94.0 Å². The summed E-state index contributed by atoms with van der Waals surface area (Å²) in [5.41, 5.74) is 6.63. The number of rotatable bonds is 7. The van der Waals surface area contributed by atoms with Crippen LogP contribution in [0.4, 0.5) is 5.82 Å². The molecular formula is C17H20N4O2S. The lowest BCUT2D eigenvalue weighted by molar-refractivity contribution is 0.279. The molecule has 0 unspecified atom stereocenters. The molecule has 6 nitrogen and oxygen atoms in total. The highest BCUT2D eigenvalue weighted by Crippen LogP contribution is 2.28. The van der Waals surface area contributed by atoms with Crippen molar-refractivity contribution in [3.63, 3.8) is 0 Å². The van der Waals surface area contributed by atoms with Gasteiger partial charge in [-0.3, -0.25) is 0 Å². The molecule has 0 bridgehead atoms. The van der Waals surface area contributed by atoms with Gasteiger partial charge in [0.1, 0.15) is 29.8 Å². The third-order valence-corrected chi connectivity index (χ3v) is 4.55. The van der Waals surface area contributed by atoms with E-state index in [4.69, 9.17) is 15.2 Å². The summed E-state index contributed by atoms with van der Waals surface area (Å²) in [6.07, 6.45) is 0.987. The van der Waals surface area contributed by atoms with Crippen molar-refractivity contribution < 1.29 is 9.47 Å². The van der Waals surface area contributed by atoms with Crippen LogP contribution in [0.2, 0.25) is 0 Å². The Morgan fingerprint density at radius 3 is 2.62 bits per heavy atom. The molecule has 0 saturated heterocycles. The Morgan fingerprint density at radius 1 is 1.29 bits per heavy atom. The first-order chi connectivity index (χ1) is 11.6. The van der Waals surface area contributed by atoms with Gasteiger partial charge in [0.25, 0.3) is 0 Å². The first-order valence-corrected chi connectivity index (χ1v) is 8.45. The van der Waals surface area contributed by atoms with Gasteiger partial charge < -0.3 is 15.2 Å². The van der Waals surface area contributed by atoms with Gasteiger partial charge in [-0.15, -0.1) is 0 Å². The first-order valence-electron chi connectivity index (χ1n) is 7.58. The summed E-state index contributed by atoms with van der Waals surface area (Å²) < 4.78 is 11.0. The highest BCUT2D eigenvalue weighted by Gasteiger charge is 2.15. The average molecular weight is 344 g/mol. The lowest BCUT2D eigenvalue weighted by Gasteiger charge is -2.13. The summed E-state index contributed by atoms with van der Waals surface area (Å²) in [4.78, 5) is 8.65. The van der Waals surface area contributed by atoms with Crippen LogP contribution < -0.4 is 15.2 Å². The molecule has 0 aliphatic rings. The Balaban J connectivity index is 2.26. The second-order valence-electron chi connectivity index (χ2n) is 5.10. The van der Waals surface area contributed by atoms with Gasteiger partial charge in [0.05, 0.1) is 7.11 Å². The van der Waals surface area contributed by atoms with Gasteiger partial charge >= 0.3 is 0 Å². The van der Waals surface area contributed by atoms with Crippen molar-refractivity contribution in [3.05, 3.63) is 35.5 Å². The number of aromatic nitrogens is 2. The molecule has 0 spiro atoms. The molecule has 0 amide bonds. The molecule has 0 aliphatic carbocycles. The van der Waals surface area contributed by atoms with Gasteiger partial charge in [0.15, 0.2) is 16.7 Å². The van der Waals surface area contributed by atoms with Gasteiger partial charge in [-0.2, -0.15) is 5.26 Å². The predicted octanol–water partition coefficient (Wildman–Crippen LogP) is 3.41. The third kappa shape index (κ3) is 4.30. The largest absolute Gasteiger partial charge is 0.493 e. The molecule has 1 aromatic heterocycles. The van der Waals surface area contributed by atoms with Crippen molar-refractivity contribution in [2.45, 2.75) is 37.3 Å². The maximum atomic E-state index is 9.32. The fourth-order valence-electron chi connectivity index (χ4n) is 1.93. The molecule has 2 N–H and O–H groups in total. The number of benzene rings is 1. The van der Waals surface area contributed by atoms with Gasteiger partial charge in [0, 0.05) is 5.25 Å². The lowest BCUT2D eigenvalue weighted by atomic mass is 10.2. The minimum Gasteiger partial charge on any atom is -0.493 e. The minimum atomic E-state index is 0.115. The van der Waals surface area contributed by atoms with Gasteiger partial charge in [-0.25, -0.2) is 9.97 Å². The fourth-order valence-corrected chi connectivity index (χ4v) is 2.77. The molecule has 24 heavy (non-hydrogen) atoms. The summed E-state index contributed by atoms with van der Waals surface area (Å²) >= 11 is 1.53. The maximum Gasteiger partial charge on any atom is 0.190 e. The van der Waals surface area contributed by atoms with E-state index >= 15 is 0 Å². The van der Waals surface area contributed by atoms with E-state index in [9.17, 15) is 5.26 Å². The van der Waals surface area contributed by atoms with E-state index in [1.807, 2.05) is 12.1 Å². The summed E-state index contributed by atoms with van der Waals surface area (Å²) in [5, 5.41) is 10.2. The van der Waals surface area contributed by atoms with Crippen LogP contribution in [0, 0.1) is 11.3 Å². The molecule has 0 saturated carbocycles. The van der Waals surface area contributed by atoms with Crippen molar-refractivity contribution in [1.82, 2.24) is 9.97 Å². The number of nitrogens with zero attached hydrogens (tertiary/aromatic N) is 3. The molecule has 0 fully saturated rings. The monoisotopic (exact) mass is 344 g/mol. The van der Waals surface area contributed by atoms with Crippen molar-refractivity contribution in [1.29, 1.82) is 5.26 Å². The molecule has 0 aliphatic heterocycles. The van der Waals surface area contributed by atoms with Crippen LogP contribution in [-0.4, -0.2) is 22.3 Å². The molecule has 2 rings (SSSR count). The zero-order valence-electron chi connectivity index (χ0n) is 13.9. The second-order valence-corrected chi connectivity index (χ2v) is 6.51. The summed E-state index contributed by atoms with van der Waals surface area (Å²) in [5.74, 6) is 1.38. The number of hydrogen-bond donors (Lipinski definition) is 1. The normalized spacial score (nSPS) is 11.6. The van der Waals surface area contributed by atoms with Crippen LogP contribution in [0.1, 0.15) is 31.5 Å². The zero-order chi connectivity index (χ0) is 17.5. The number of ether oxygens (including phenoxy) is 2. The Labute approximate surface area is 146 Å². The van der Waals surface area contributed by atoms with Gasteiger partial charge in [-0.05, 0) is 18.6 Å². The van der Waals surface area contributed by atoms with Crippen molar-refractivity contribution >= 4 is 17.6 Å². The molecule has 2 aromatic rings. The maximum absolute atomic E-state index is 9.32.